The highest BCUT2D eigenvalue weighted by Crippen LogP contribution is 2.44. The zero-order valence-corrected chi connectivity index (χ0v) is 23.1. The molecule has 2 aromatic heterocycles. The van der Waals surface area contributed by atoms with Crippen molar-refractivity contribution < 1.29 is 13.9 Å². The van der Waals surface area contributed by atoms with E-state index in [-0.39, 0.29) is 24.6 Å². The second kappa shape index (κ2) is 11.6. The van der Waals surface area contributed by atoms with Gasteiger partial charge in [-0.05, 0) is 73.7 Å². The molecule has 3 heterocycles. The number of amides is 1. The average Bonchev–Trinajstić information content (AvgIpc) is 3.51. The molecular formula is C28H25ClN4O3S2. The fourth-order valence-electron chi connectivity index (χ4n) is 4.27. The van der Waals surface area contributed by atoms with Crippen LogP contribution >= 0.6 is 35.6 Å². The fraction of sp³-hybridized carbons (Fsp3) is 0.179. The topological polar surface area (TPSA) is 79.6 Å². The van der Waals surface area contributed by atoms with Gasteiger partial charge in [0.1, 0.15) is 18.4 Å². The summed E-state index contributed by atoms with van der Waals surface area (Å²) < 4.78 is 11.3. The van der Waals surface area contributed by atoms with E-state index in [0.717, 1.165) is 27.1 Å². The summed E-state index contributed by atoms with van der Waals surface area (Å²) in [6.07, 6.45) is 1.76. The monoisotopic (exact) mass is 564 g/mol. The largest absolute Gasteiger partial charge is 0.452 e. The quantitative estimate of drug-likeness (QED) is 0.233. The smallest absolute Gasteiger partial charge is 0.250 e. The summed E-state index contributed by atoms with van der Waals surface area (Å²) in [5.74, 6) is 0.444. The second-order valence-electron chi connectivity index (χ2n) is 8.71. The minimum atomic E-state index is -0.324. The van der Waals surface area contributed by atoms with Crippen molar-refractivity contribution in [2.45, 2.75) is 29.0 Å². The summed E-state index contributed by atoms with van der Waals surface area (Å²) >= 11 is 13.9. The van der Waals surface area contributed by atoms with Crippen LogP contribution in [0.2, 0.25) is 5.02 Å². The van der Waals surface area contributed by atoms with E-state index in [1.807, 2.05) is 41.3 Å². The third-order valence-electron chi connectivity index (χ3n) is 6.01. The number of halogens is 1. The molecule has 7 nitrogen and oxygen atoms in total. The number of anilines is 2. The van der Waals surface area contributed by atoms with Crippen LogP contribution in [0.4, 0.5) is 11.4 Å². The first kappa shape index (κ1) is 26.2. The molecule has 0 spiro atoms. The van der Waals surface area contributed by atoms with Crippen LogP contribution in [0.25, 0.3) is 0 Å². The van der Waals surface area contributed by atoms with Crippen molar-refractivity contribution in [1.29, 1.82) is 0 Å². The van der Waals surface area contributed by atoms with Gasteiger partial charge in [0.2, 0.25) is 5.91 Å². The van der Waals surface area contributed by atoms with Crippen LogP contribution < -0.4 is 15.5 Å². The predicted molar refractivity (Wildman–Crippen MR) is 154 cm³/mol. The van der Waals surface area contributed by atoms with Crippen molar-refractivity contribution in [1.82, 2.24) is 10.3 Å². The SMILES string of the molecule is COCC(=O)Nc1ccc(N2C(=S)N[C@H](c3ccccn3)[C@H]2c2ccc(Sc3ccc(C)cc3)o2)cc1Cl. The number of ether oxygens (including phenoxy) is 1. The minimum Gasteiger partial charge on any atom is -0.452 e. The van der Waals surface area contributed by atoms with Crippen LogP contribution in [-0.2, 0) is 9.53 Å². The Bertz CT molecular complexity index is 1450. The van der Waals surface area contributed by atoms with Crippen LogP contribution in [0, 0.1) is 6.92 Å². The third kappa shape index (κ3) is 5.71. The van der Waals surface area contributed by atoms with E-state index < -0.39 is 0 Å². The highest BCUT2D eigenvalue weighted by molar-refractivity contribution is 7.99. The lowest BCUT2D eigenvalue weighted by atomic mass is 10.0. The maximum absolute atomic E-state index is 12.0. The van der Waals surface area contributed by atoms with Crippen LogP contribution in [0.15, 0.2) is 93.4 Å². The van der Waals surface area contributed by atoms with Gasteiger partial charge in [0.05, 0.1) is 22.4 Å². The molecule has 1 saturated heterocycles. The van der Waals surface area contributed by atoms with E-state index in [1.54, 1.807) is 30.1 Å². The van der Waals surface area contributed by atoms with Gasteiger partial charge in [0.15, 0.2) is 10.2 Å². The molecule has 0 aliphatic carbocycles. The number of rotatable bonds is 8. The lowest BCUT2D eigenvalue weighted by molar-refractivity contribution is -0.119. The molecule has 38 heavy (non-hydrogen) atoms. The molecule has 10 heteroatoms. The highest BCUT2D eigenvalue weighted by atomic mass is 35.5. The third-order valence-corrected chi connectivity index (χ3v) is 7.57. The van der Waals surface area contributed by atoms with Crippen molar-refractivity contribution in [3.63, 3.8) is 0 Å². The Labute approximate surface area is 235 Å². The van der Waals surface area contributed by atoms with E-state index in [0.29, 0.717) is 15.8 Å². The summed E-state index contributed by atoms with van der Waals surface area (Å²) in [4.78, 5) is 19.6. The van der Waals surface area contributed by atoms with Crippen LogP contribution in [0.5, 0.6) is 0 Å². The number of hydrogen-bond acceptors (Lipinski definition) is 6. The molecule has 0 unspecified atom stereocenters. The highest BCUT2D eigenvalue weighted by Gasteiger charge is 2.42. The average molecular weight is 565 g/mol. The van der Waals surface area contributed by atoms with E-state index in [4.69, 9.17) is 33.0 Å². The lowest BCUT2D eigenvalue weighted by Gasteiger charge is -2.26. The number of hydrogen-bond donors (Lipinski definition) is 2. The molecule has 1 aliphatic rings. The number of aromatic nitrogens is 1. The summed E-state index contributed by atoms with van der Waals surface area (Å²) in [7, 11) is 1.46. The van der Waals surface area contributed by atoms with Gasteiger partial charge in [-0.25, -0.2) is 0 Å². The predicted octanol–water partition coefficient (Wildman–Crippen LogP) is 6.55. The molecule has 194 valence electrons. The molecule has 0 saturated carbocycles. The molecule has 1 fully saturated rings. The van der Waals surface area contributed by atoms with Gasteiger partial charge in [-0.1, -0.05) is 47.1 Å². The zero-order valence-electron chi connectivity index (χ0n) is 20.7. The second-order valence-corrected chi connectivity index (χ2v) is 10.6. The van der Waals surface area contributed by atoms with Gasteiger partial charge in [-0.15, -0.1) is 0 Å². The van der Waals surface area contributed by atoms with E-state index >= 15 is 0 Å². The molecule has 1 aliphatic heterocycles. The van der Waals surface area contributed by atoms with E-state index in [1.165, 1.54) is 12.7 Å². The summed E-state index contributed by atoms with van der Waals surface area (Å²) in [6, 6.07) is 22.8. The Morgan fingerprint density at radius 3 is 2.71 bits per heavy atom. The number of thiocarbonyl (C=S) groups is 1. The fourth-order valence-corrected chi connectivity index (χ4v) is 5.61. The Hall–Kier alpha value is -3.37. The normalized spacial score (nSPS) is 16.9. The summed E-state index contributed by atoms with van der Waals surface area (Å²) in [5.41, 5.74) is 3.28. The number of methoxy groups -OCH3 is 1. The number of carbonyl (C=O) groups is 1. The van der Waals surface area contributed by atoms with Gasteiger partial charge >= 0.3 is 0 Å². The van der Waals surface area contributed by atoms with Crippen molar-refractivity contribution in [3.8, 4) is 0 Å². The van der Waals surface area contributed by atoms with Crippen molar-refractivity contribution in [3.05, 3.63) is 101 Å². The van der Waals surface area contributed by atoms with Gasteiger partial charge in [0, 0.05) is 23.9 Å². The maximum atomic E-state index is 12.0. The molecule has 0 bridgehead atoms. The summed E-state index contributed by atoms with van der Waals surface area (Å²) in [6.45, 7) is 2.00. The Kier molecular flexibility index (Phi) is 7.99. The zero-order chi connectivity index (χ0) is 26.6. The van der Waals surface area contributed by atoms with Crippen molar-refractivity contribution >= 4 is 58.0 Å². The number of carbonyl (C=O) groups excluding carboxylic acids is 1. The number of aryl methyl sites for hydroxylation is 1. The Morgan fingerprint density at radius 1 is 1.18 bits per heavy atom. The molecule has 2 N–H and O–H groups in total. The molecule has 4 aromatic rings. The molecule has 0 radical (unpaired) electrons. The van der Waals surface area contributed by atoms with Gasteiger partial charge in [-0.2, -0.15) is 0 Å². The number of pyridine rings is 1. The van der Waals surface area contributed by atoms with Gasteiger partial charge < -0.3 is 24.7 Å². The molecular weight excluding hydrogens is 540 g/mol. The maximum Gasteiger partial charge on any atom is 0.250 e. The minimum absolute atomic E-state index is 0.0620. The number of furan rings is 1. The number of nitrogens with zero attached hydrogens (tertiary/aromatic N) is 2. The van der Waals surface area contributed by atoms with Crippen LogP contribution in [-0.4, -0.2) is 29.7 Å². The van der Waals surface area contributed by atoms with Gasteiger partial charge in [0.25, 0.3) is 0 Å². The number of benzene rings is 2. The Balaban J connectivity index is 1.48. The van der Waals surface area contributed by atoms with Gasteiger partial charge in [-0.3, -0.25) is 9.78 Å². The first-order valence-electron chi connectivity index (χ1n) is 11.9. The molecule has 1 amide bonds. The summed E-state index contributed by atoms with van der Waals surface area (Å²) in [5, 5.41) is 7.84. The first-order valence-corrected chi connectivity index (χ1v) is 13.5. The Morgan fingerprint density at radius 2 is 2.00 bits per heavy atom. The lowest BCUT2D eigenvalue weighted by Crippen LogP contribution is -2.29. The number of nitrogens with one attached hydrogen (secondary N) is 2. The molecule has 2 aromatic carbocycles. The van der Waals surface area contributed by atoms with Crippen molar-refractivity contribution in [2.24, 2.45) is 0 Å². The molecule has 2 atom stereocenters. The van der Waals surface area contributed by atoms with E-state index in [2.05, 4.69) is 46.8 Å². The van der Waals surface area contributed by atoms with Crippen LogP contribution in [0.1, 0.15) is 29.1 Å². The first-order chi connectivity index (χ1) is 18.4. The molecule has 5 rings (SSSR count). The van der Waals surface area contributed by atoms with E-state index in [9.17, 15) is 4.79 Å². The van der Waals surface area contributed by atoms with Crippen LogP contribution in [0.3, 0.4) is 0 Å². The van der Waals surface area contributed by atoms with Crippen molar-refractivity contribution in [2.75, 3.05) is 23.9 Å². The standard InChI is InChI=1S/C28H25ClN4O3S2/c1-17-6-9-19(10-7-17)38-25-13-12-23(36-25)27-26(22-5-3-4-14-30-22)32-28(37)33(27)18-8-11-21(20(29)15-18)31-24(34)16-35-2/h3-15,26-27H,16H2,1-2H3,(H,31,34)(H,32,37)/t26-,27-/m1/s1.